The average molecular weight is 540 g/mol. The minimum atomic E-state index is -1.02. The van der Waals surface area contributed by atoms with Crippen LogP contribution in [0.4, 0.5) is 5.69 Å². The number of hydrogen-bond donors (Lipinski definition) is 2. The summed E-state index contributed by atoms with van der Waals surface area (Å²) in [5, 5.41) is 22.2. The van der Waals surface area contributed by atoms with E-state index in [1.807, 2.05) is 27.7 Å². The molecule has 0 bridgehead atoms. The smallest absolute Gasteiger partial charge is 0.300 e. The Morgan fingerprint density at radius 1 is 1.00 bits per heavy atom. The van der Waals surface area contributed by atoms with Crippen LogP contribution < -0.4 is 9.64 Å². The number of carbonyl (C=O) groups excluding carboxylic acids is 2. The standard InChI is InChI=1S/C29H27Cl2NO5/c1-5-37-23-12-9-17(14-20(23)29(2,3)4)26(34)24-25(16-7-6-8-19(33)13-16)32(28(36)27(24)35)18-10-11-21(30)22(31)15-18/h6-15,25,33-34H,5H2,1-4H3/b26-24-. The van der Waals surface area contributed by atoms with E-state index in [-0.39, 0.29) is 27.5 Å². The van der Waals surface area contributed by atoms with Gasteiger partial charge in [0.1, 0.15) is 17.3 Å². The highest BCUT2D eigenvalue weighted by Gasteiger charge is 2.47. The van der Waals surface area contributed by atoms with Crippen LogP contribution in [0, 0.1) is 0 Å². The van der Waals surface area contributed by atoms with Gasteiger partial charge < -0.3 is 14.9 Å². The van der Waals surface area contributed by atoms with Gasteiger partial charge in [-0.15, -0.1) is 0 Å². The lowest BCUT2D eigenvalue weighted by Crippen LogP contribution is -2.29. The lowest BCUT2D eigenvalue weighted by molar-refractivity contribution is -0.132. The number of anilines is 1. The topological polar surface area (TPSA) is 87.1 Å². The summed E-state index contributed by atoms with van der Waals surface area (Å²) in [4.78, 5) is 28.0. The number of aliphatic hydroxyl groups is 1. The zero-order chi connectivity index (χ0) is 27.1. The molecule has 6 nitrogen and oxygen atoms in total. The van der Waals surface area contributed by atoms with E-state index >= 15 is 0 Å². The summed E-state index contributed by atoms with van der Waals surface area (Å²) in [5.41, 5.74) is 1.54. The van der Waals surface area contributed by atoms with Gasteiger partial charge in [0.2, 0.25) is 0 Å². The lowest BCUT2D eigenvalue weighted by atomic mass is 9.84. The molecule has 2 N–H and O–H groups in total. The first-order chi connectivity index (χ1) is 17.4. The van der Waals surface area contributed by atoms with Gasteiger partial charge in [0.25, 0.3) is 11.7 Å². The molecule has 37 heavy (non-hydrogen) atoms. The second-order valence-corrected chi connectivity index (χ2v) is 10.6. The van der Waals surface area contributed by atoms with Crippen molar-refractivity contribution >= 4 is 46.3 Å². The molecular weight excluding hydrogens is 513 g/mol. The Morgan fingerprint density at radius 3 is 2.35 bits per heavy atom. The van der Waals surface area contributed by atoms with Crippen molar-refractivity contribution in [3.63, 3.8) is 0 Å². The van der Waals surface area contributed by atoms with Crippen molar-refractivity contribution in [1.82, 2.24) is 0 Å². The minimum Gasteiger partial charge on any atom is -0.508 e. The number of Topliss-reactive ketones (excluding diaryl/α,β-unsaturated/α-hetero) is 1. The molecule has 1 fully saturated rings. The molecule has 1 aliphatic rings. The number of benzene rings is 3. The van der Waals surface area contributed by atoms with Gasteiger partial charge in [0.15, 0.2) is 0 Å². The molecule has 0 spiro atoms. The first-order valence-electron chi connectivity index (χ1n) is 11.8. The normalized spacial score (nSPS) is 17.4. The number of rotatable bonds is 5. The highest BCUT2D eigenvalue weighted by atomic mass is 35.5. The number of ketones is 1. The number of nitrogens with zero attached hydrogens (tertiary/aromatic N) is 1. The summed E-state index contributed by atoms with van der Waals surface area (Å²) in [6, 6.07) is 15.0. The molecule has 0 radical (unpaired) electrons. The van der Waals surface area contributed by atoms with Crippen molar-refractivity contribution in [2.75, 3.05) is 11.5 Å². The van der Waals surface area contributed by atoms with Gasteiger partial charge in [-0.2, -0.15) is 0 Å². The van der Waals surface area contributed by atoms with Crippen LogP contribution in [0.3, 0.4) is 0 Å². The Labute approximate surface area is 225 Å². The molecule has 3 aromatic carbocycles. The highest BCUT2D eigenvalue weighted by Crippen LogP contribution is 2.44. The zero-order valence-corrected chi connectivity index (χ0v) is 22.4. The molecule has 1 atom stereocenters. The summed E-state index contributed by atoms with van der Waals surface area (Å²) < 4.78 is 5.78. The van der Waals surface area contributed by atoms with Crippen LogP contribution in [0.1, 0.15) is 50.4 Å². The number of ether oxygens (including phenoxy) is 1. The number of amides is 1. The van der Waals surface area contributed by atoms with Gasteiger partial charge in [-0.1, -0.05) is 56.1 Å². The van der Waals surface area contributed by atoms with Gasteiger partial charge in [-0.25, -0.2) is 0 Å². The molecule has 1 unspecified atom stereocenters. The van der Waals surface area contributed by atoms with Crippen molar-refractivity contribution in [2.45, 2.75) is 39.2 Å². The van der Waals surface area contributed by atoms with E-state index in [1.54, 1.807) is 36.4 Å². The van der Waals surface area contributed by atoms with Crippen LogP contribution in [-0.4, -0.2) is 28.5 Å². The molecule has 192 valence electrons. The third kappa shape index (κ3) is 5.04. The van der Waals surface area contributed by atoms with Gasteiger partial charge in [0, 0.05) is 16.8 Å². The Hall–Kier alpha value is -3.48. The summed E-state index contributed by atoms with van der Waals surface area (Å²) in [5.74, 6) is -1.40. The second kappa shape index (κ2) is 10.1. The maximum Gasteiger partial charge on any atom is 0.300 e. The van der Waals surface area contributed by atoms with E-state index in [2.05, 4.69) is 0 Å². The van der Waals surface area contributed by atoms with Gasteiger partial charge in [-0.05, 0) is 66.4 Å². The molecule has 1 saturated heterocycles. The van der Waals surface area contributed by atoms with Crippen molar-refractivity contribution in [2.24, 2.45) is 0 Å². The number of halogens is 2. The summed E-state index contributed by atoms with van der Waals surface area (Å²) in [6.07, 6.45) is 0. The largest absolute Gasteiger partial charge is 0.508 e. The van der Waals surface area contributed by atoms with Crippen LogP contribution >= 0.6 is 23.2 Å². The fourth-order valence-electron chi connectivity index (χ4n) is 4.44. The molecule has 0 aromatic heterocycles. The average Bonchev–Trinajstić information content (AvgIpc) is 3.10. The quantitative estimate of drug-likeness (QED) is 0.206. The van der Waals surface area contributed by atoms with Crippen LogP contribution in [0.25, 0.3) is 5.76 Å². The van der Waals surface area contributed by atoms with E-state index in [0.717, 1.165) is 5.56 Å². The molecule has 0 aliphatic carbocycles. The second-order valence-electron chi connectivity index (χ2n) is 9.76. The number of phenolic OH excluding ortho intramolecular Hbond substituents is 1. The van der Waals surface area contributed by atoms with Crippen molar-refractivity contribution in [3.05, 3.63) is 93.0 Å². The van der Waals surface area contributed by atoms with E-state index in [4.69, 9.17) is 27.9 Å². The lowest BCUT2D eigenvalue weighted by Gasteiger charge is -2.26. The number of aliphatic hydroxyl groups excluding tert-OH is 1. The van der Waals surface area contributed by atoms with E-state index < -0.39 is 17.7 Å². The molecule has 3 aromatic rings. The molecular formula is C29H27Cl2NO5. The predicted octanol–water partition coefficient (Wildman–Crippen LogP) is 7.02. The third-order valence-corrected chi connectivity index (χ3v) is 6.91. The van der Waals surface area contributed by atoms with E-state index in [0.29, 0.717) is 34.2 Å². The van der Waals surface area contributed by atoms with Crippen molar-refractivity contribution < 1.29 is 24.5 Å². The maximum absolute atomic E-state index is 13.4. The minimum absolute atomic E-state index is 0.0479. The third-order valence-electron chi connectivity index (χ3n) is 6.17. The first-order valence-corrected chi connectivity index (χ1v) is 12.5. The van der Waals surface area contributed by atoms with Crippen LogP contribution in [-0.2, 0) is 15.0 Å². The number of carbonyl (C=O) groups is 2. The van der Waals surface area contributed by atoms with Gasteiger partial charge in [0.05, 0.1) is 28.3 Å². The zero-order valence-electron chi connectivity index (χ0n) is 20.9. The van der Waals surface area contributed by atoms with E-state index in [1.165, 1.54) is 29.2 Å². The number of phenols is 1. The number of hydrogen-bond acceptors (Lipinski definition) is 5. The maximum atomic E-state index is 13.4. The molecule has 1 aliphatic heterocycles. The van der Waals surface area contributed by atoms with Crippen molar-refractivity contribution in [1.29, 1.82) is 0 Å². The Kier molecular flexibility index (Phi) is 7.27. The predicted molar refractivity (Wildman–Crippen MR) is 146 cm³/mol. The SMILES string of the molecule is CCOc1ccc(/C(O)=C2/C(=O)C(=O)N(c3ccc(Cl)c(Cl)c3)C2c2cccc(O)c2)cc1C(C)(C)C. The van der Waals surface area contributed by atoms with Gasteiger partial charge in [-0.3, -0.25) is 14.5 Å². The Morgan fingerprint density at radius 2 is 1.73 bits per heavy atom. The van der Waals surface area contributed by atoms with Crippen LogP contribution in [0.5, 0.6) is 11.5 Å². The summed E-state index contributed by atoms with van der Waals surface area (Å²) >= 11 is 12.3. The molecule has 8 heteroatoms. The Balaban J connectivity index is 1.96. The fraction of sp³-hybridized carbons (Fsp3) is 0.241. The van der Waals surface area contributed by atoms with Crippen LogP contribution in [0.15, 0.2) is 66.2 Å². The van der Waals surface area contributed by atoms with Gasteiger partial charge >= 0.3 is 0 Å². The van der Waals surface area contributed by atoms with E-state index in [9.17, 15) is 19.8 Å². The molecule has 1 amide bonds. The Bertz CT molecular complexity index is 1420. The first kappa shape index (κ1) is 26.6. The summed E-state index contributed by atoms with van der Waals surface area (Å²) in [7, 11) is 0. The number of aromatic hydroxyl groups is 1. The fourth-order valence-corrected chi connectivity index (χ4v) is 4.74. The monoisotopic (exact) mass is 539 g/mol. The molecule has 0 saturated carbocycles. The molecule has 1 heterocycles. The highest BCUT2D eigenvalue weighted by molar-refractivity contribution is 6.52. The van der Waals surface area contributed by atoms with Crippen molar-refractivity contribution in [3.8, 4) is 11.5 Å². The molecule has 4 rings (SSSR count). The van der Waals surface area contributed by atoms with Crippen LogP contribution in [0.2, 0.25) is 10.0 Å². The summed E-state index contributed by atoms with van der Waals surface area (Å²) in [6.45, 7) is 8.42.